The molecule has 1 spiro atoms. The van der Waals surface area contributed by atoms with E-state index in [4.69, 9.17) is 16.3 Å². The number of nitrogens with one attached hydrogen (secondary N) is 2. The van der Waals surface area contributed by atoms with Crippen LogP contribution in [0.25, 0.3) is 0 Å². The zero-order chi connectivity index (χ0) is 29.0. The number of sulfonamides is 1. The van der Waals surface area contributed by atoms with Gasteiger partial charge in [-0.15, -0.1) is 0 Å². The van der Waals surface area contributed by atoms with Gasteiger partial charge in [0, 0.05) is 30.1 Å². The van der Waals surface area contributed by atoms with Crippen LogP contribution in [-0.2, 0) is 26.7 Å². The molecule has 4 aliphatic rings. The van der Waals surface area contributed by atoms with Gasteiger partial charge in [-0.3, -0.25) is 4.79 Å². The van der Waals surface area contributed by atoms with Crippen LogP contribution in [0.3, 0.4) is 0 Å². The smallest absolute Gasteiger partial charge is 0.264 e. The number of halogens is 1. The monoisotopic (exact) mass is 599 g/mol. The van der Waals surface area contributed by atoms with Crippen LogP contribution in [0.4, 0.5) is 5.69 Å². The average Bonchev–Trinajstić information content (AvgIpc) is 3.05. The van der Waals surface area contributed by atoms with Crippen molar-refractivity contribution in [2.45, 2.75) is 67.9 Å². The second-order valence-corrected chi connectivity index (χ2v) is 14.7. The lowest BCUT2D eigenvalue weighted by atomic mass is 9.68. The predicted octanol–water partition coefficient (Wildman–Crippen LogP) is 3.94. The number of ether oxygens (including phenoxy) is 1. The van der Waals surface area contributed by atoms with Crippen LogP contribution in [0.15, 0.2) is 53.4 Å². The van der Waals surface area contributed by atoms with E-state index in [0.29, 0.717) is 37.7 Å². The standard InChI is InChI=1S/C31H38ClN3O5S/c1-30(2)29(37)34-41(38,39)23-9-12-28-26(16-23)35(17-21-7-10-24(21)27(36)6-4-14-33-30)18-31(19-40-28)13-3-5-20-15-22(32)8-11-25(20)31/h4,6,8-9,11-12,15-16,21,24,27,33,36H,3,5,7,10,13-14,17-19H2,1-2H3,(H,34,37)/t21-,24+,27-,31-/m0/s1. The molecule has 1 saturated carbocycles. The van der Waals surface area contributed by atoms with E-state index in [1.807, 2.05) is 12.1 Å². The summed E-state index contributed by atoms with van der Waals surface area (Å²) >= 11 is 6.37. The number of aliphatic hydroxyl groups excluding tert-OH is 1. The molecule has 0 aromatic heterocycles. The molecule has 1 fully saturated rings. The zero-order valence-corrected chi connectivity index (χ0v) is 25.1. The first kappa shape index (κ1) is 28.5. The number of amides is 1. The van der Waals surface area contributed by atoms with Gasteiger partial charge in [0.1, 0.15) is 5.75 Å². The van der Waals surface area contributed by atoms with Crippen molar-refractivity contribution in [3.05, 3.63) is 64.7 Å². The molecule has 2 aliphatic heterocycles. The number of hydrogen-bond acceptors (Lipinski definition) is 7. The highest BCUT2D eigenvalue weighted by molar-refractivity contribution is 7.90. The summed E-state index contributed by atoms with van der Waals surface area (Å²) in [4.78, 5) is 15.3. The lowest BCUT2D eigenvalue weighted by Gasteiger charge is -2.45. The van der Waals surface area contributed by atoms with E-state index in [0.717, 1.165) is 37.1 Å². The van der Waals surface area contributed by atoms with Crippen molar-refractivity contribution in [2.75, 3.05) is 31.1 Å². The summed E-state index contributed by atoms with van der Waals surface area (Å²) in [6.07, 6.45) is 7.83. The fraction of sp³-hybridized carbons (Fsp3) is 0.516. The van der Waals surface area contributed by atoms with Crippen molar-refractivity contribution in [1.29, 1.82) is 0 Å². The summed E-state index contributed by atoms with van der Waals surface area (Å²) in [7, 11) is -4.14. The Morgan fingerprint density at radius 2 is 1.98 bits per heavy atom. The molecule has 2 aliphatic carbocycles. The molecule has 6 rings (SSSR count). The van der Waals surface area contributed by atoms with Crippen LogP contribution >= 0.6 is 11.6 Å². The van der Waals surface area contributed by atoms with Gasteiger partial charge in [-0.05, 0) is 99.2 Å². The Kier molecular flexibility index (Phi) is 7.37. The van der Waals surface area contributed by atoms with Crippen molar-refractivity contribution in [3.63, 3.8) is 0 Å². The summed E-state index contributed by atoms with van der Waals surface area (Å²) in [6, 6.07) is 10.9. The van der Waals surface area contributed by atoms with Gasteiger partial charge in [0.15, 0.2) is 0 Å². The summed E-state index contributed by atoms with van der Waals surface area (Å²) in [5, 5.41) is 14.8. The highest BCUT2D eigenvalue weighted by atomic mass is 35.5. The highest BCUT2D eigenvalue weighted by Crippen LogP contribution is 2.47. The minimum atomic E-state index is -4.14. The van der Waals surface area contributed by atoms with Gasteiger partial charge in [0.25, 0.3) is 15.9 Å². The van der Waals surface area contributed by atoms with Crippen LogP contribution < -0.4 is 19.7 Å². The van der Waals surface area contributed by atoms with E-state index in [2.05, 4.69) is 27.1 Å². The largest absolute Gasteiger partial charge is 0.490 e. The van der Waals surface area contributed by atoms with Crippen molar-refractivity contribution in [2.24, 2.45) is 11.8 Å². The molecular weight excluding hydrogens is 562 g/mol. The fourth-order valence-corrected chi connectivity index (χ4v) is 8.19. The van der Waals surface area contributed by atoms with Gasteiger partial charge >= 0.3 is 0 Å². The summed E-state index contributed by atoms with van der Waals surface area (Å²) in [5.74, 6) is 0.302. The highest BCUT2D eigenvalue weighted by Gasteiger charge is 2.44. The predicted molar refractivity (Wildman–Crippen MR) is 159 cm³/mol. The molecule has 41 heavy (non-hydrogen) atoms. The minimum Gasteiger partial charge on any atom is -0.490 e. The Morgan fingerprint density at radius 3 is 2.76 bits per heavy atom. The maximum Gasteiger partial charge on any atom is 0.264 e. The first-order valence-electron chi connectivity index (χ1n) is 14.5. The van der Waals surface area contributed by atoms with E-state index in [1.54, 1.807) is 32.1 Å². The molecule has 2 heterocycles. The molecule has 8 nitrogen and oxygen atoms in total. The molecule has 2 aromatic carbocycles. The third-order valence-electron chi connectivity index (χ3n) is 9.48. The van der Waals surface area contributed by atoms with E-state index < -0.39 is 27.6 Å². The Morgan fingerprint density at radius 1 is 1.15 bits per heavy atom. The molecule has 0 radical (unpaired) electrons. The third kappa shape index (κ3) is 5.38. The molecule has 4 atom stereocenters. The van der Waals surface area contributed by atoms with Gasteiger partial charge in [-0.2, -0.15) is 0 Å². The first-order chi connectivity index (χ1) is 19.5. The number of anilines is 1. The van der Waals surface area contributed by atoms with Gasteiger partial charge in [-0.25, -0.2) is 13.1 Å². The minimum absolute atomic E-state index is 0.0120. The molecule has 0 unspecified atom stereocenters. The second kappa shape index (κ2) is 10.6. The van der Waals surface area contributed by atoms with Crippen LogP contribution in [0.5, 0.6) is 5.75 Å². The molecular formula is C31H38ClN3O5S. The number of hydrogen-bond donors (Lipinski definition) is 3. The van der Waals surface area contributed by atoms with E-state index in [-0.39, 0.29) is 22.1 Å². The summed E-state index contributed by atoms with van der Waals surface area (Å²) in [6.45, 7) is 5.37. The maximum absolute atomic E-state index is 13.4. The lowest BCUT2D eigenvalue weighted by molar-refractivity contribution is -0.124. The number of carbonyl (C=O) groups is 1. The number of rotatable bonds is 0. The number of benzene rings is 2. The lowest BCUT2D eigenvalue weighted by Crippen LogP contribution is -2.54. The fourth-order valence-electron chi connectivity index (χ4n) is 6.87. The molecule has 2 aromatic rings. The van der Waals surface area contributed by atoms with E-state index in [1.165, 1.54) is 17.2 Å². The van der Waals surface area contributed by atoms with Crippen molar-refractivity contribution in [1.82, 2.24) is 10.0 Å². The number of nitrogens with zero attached hydrogens (tertiary/aromatic N) is 1. The van der Waals surface area contributed by atoms with Crippen molar-refractivity contribution >= 4 is 33.2 Å². The Labute approximate surface area is 247 Å². The second-order valence-electron chi connectivity index (χ2n) is 12.6. The number of aliphatic hydroxyl groups is 1. The zero-order valence-electron chi connectivity index (χ0n) is 23.5. The molecule has 3 N–H and O–H groups in total. The number of aryl methyl sites for hydroxylation is 1. The topological polar surface area (TPSA) is 108 Å². The van der Waals surface area contributed by atoms with Crippen LogP contribution in [0.1, 0.15) is 50.7 Å². The average molecular weight is 600 g/mol. The van der Waals surface area contributed by atoms with Crippen molar-refractivity contribution in [3.8, 4) is 5.75 Å². The molecule has 0 saturated heterocycles. The van der Waals surface area contributed by atoms with E-state index in [9.17, 15) is 18.3 Å². The van der Waals surface area contributed by atoms with Gasteiger partial charge in [0.2, 0.25) is 0 Å². The van der Waals surface area contributed by atoms with E-state index >= 15 is 0 Å². The normalized spacial score (nSPS) is 30.7. The quantitative estimate of drug-likeness (QED) is 0.394. The SMILES string of the molecule is CC1(C)NCC=C[C@H](O)[C@@H]2CC[C@H]2CN2C[C@@]3(CCCc4cc(Cl)ccc43)COc3ccc(cc32)S(=O)(=O)NC1=O. The van der Waals surface area contributed by atoms with Crippen LogP contribution in [0, 0.1) is 11.8 Å². The Balaban J connectivity index is 1.44. The van der Waals surface area contributed by atoms with Crippen LogP contribution in [0.2, 0.25) is 5.02 Å². The van der Waals surface area contributed by atoms with Gasteiger partial charge in [0.05, 0.1) is 28.8 Å². The summed E-state index contributed by atoms with van der Waals surface area (Å²) < 4.78 is 35.6. The maximum atomic E-state index is 13.4. The van der Waals surface area contributed by atoms with Gasteiger partial charge in [-0.1, -0.05) is 29.8 Å². The third-order valence-corrected chi connectivity index (χ3v) is 11.0. The first-order valence-corrected chi connectivity index (χ1v) is 16.3. The summed E-state index contributed by atoms with van der Waals surface area (Å²) in [5.41, 5.74) is 1.72. The number of fused-ring (bicyclic) bond motifs is 4. The molecule has 220 valence electrons. The van der Waals surface area contributed by atoms with Gasteiger partial charge < -0.3 is 20.1 Å². The number of carbonyl (C=O) groups excluding carboxylic acids is 1. The Hall–Kier alpha value is -2.59. The molecule has 10 heteroatoms. The van der Waals surface area contributed by atoms with Crippen LogP contribution in [-0.4, -0.2) is 57.3 Å². The Bertz CT molecular complexity index is 1490. The van der Waals surface area contributed by atoms with Crippen molar-refractivity contribution < 1.29 is 23.1 Å². The molecule has 1 amide bonds. The molecule has 2 bridgehead atoms.